The van der Waals surface area contributed by atoms with Crippen LogP contribution in [0.2, 0.25) is 0 Å². The Kier molecular flexibility index (Phi) is 3.82. The zero-order valence-electron chi connectivity index (χ0n) is 11.0. The summed E-state index contributed by atoms with van der Waals surface area (Å²) in [6.45, 7) is 6.45. The lowest BCUT2D eigenvalue weighted by Crippen LogP contribution is -2.17. The van der Waals surface area contributed by atoms with E-state index in [4.69, 9.17) is 4.42 Å². The van der Waals surface area contributed by atoms with Gasteiger partial charge in [-0.1, -0.05) is 12.1 Å². The molecular formula is C15H18FNO. The van der Waals surface area contributed by atoms with Crippen LogP contribution in [0.3, 0.4) is 0 Å². The Balaban J connectivity index is 1.97. The summed E-state index contributed by atoms with van der Waals surface area (Å²) in [6.07, 6.45) is 0. The third-order valence-corrected chi connectivity index (χ3v) is 3.02. The van der Waals surface area contributed by atoms with Crippen molar-refractivity contribution in [3.05, 3.63) is 58.8 Å². The van der Waals surface area contributed by atoms with Gasteiger partial charge in [0.15, 0.2) is 0 Å². The van der Waals surface area contributed by atoms with Crippen LogP contribution in [0, 0.1) is 19.7 Å². The maximum Gasteiger partial charge on any atom is 0.126 e. The van der Waals surface area contributed by atoms with Crippen molar-refractivity contribution in [3.8, 4) is 0 Å². The van der Waals surface area contributed by atoms with Crippen LogP contribution in [0.25, 0.3) is 0 Å². The molecule has 2 rings (SSSR count). The number of rotatable bonds is 4. The summed E-state index contributed by atoms with van der Waals surface area (Å²) in [4.78, 5) is 0. The SMILES string of the molecule is Cc1ccc(C(C)NCc2ccc(F)c(C)c2)o1. The van der Waals surface area contributed by atoms with Crippen molar-refractivity contribution in [2.75, 3.05) is 0 Å². The highest BCUT2D eigenvalue weighted by Gasteiger charge is 2.09. The molecule has 0 saturated heterocycles. The Morgan fingerprint density at radius 2 is 2.00 bits per heavy atom. The topological polar surface area (TPSA) is 25.2 Å². The van der Waals surface area contributed by atoms with Gasteiger partial charge in [0.2, 0.25) is 0 Å². The van der Waals surface area contributed by atoms with Gasteiger partial charge in [-0.15, -0.1) is 0 Å². The van der Waals surface area contributed by atoms with Crippen LogP contribution in [0.15, 0.2) is 34.7 Å². The largest absolute Gasteiger partial charge is 0.465 e. The number of furan rings is 1. The summed E-state index contributed by atoms with van der Waals surface area (Å²) in [7, 11) is 0. The van der Waals surface area contributed by atoms with Crippen LogP contribution in [0.1, 0.15) is 35.6 Å². The van der Waals surface area contributed by atoms with E-state index in [0.717, 1.165) is 17.1 Å². The van der Waals surface area contributed by atoms with Crippen LogP contribution in [0.4, 0.5) is 4.39 Å². The molecule has 0 saturated carbocycles. The zero-order chi connectivity index (χ0) is 13.1. The molecule has 0 radical (unpaired) electrons. The molecule has 1 atom stereocenters. The van der Waals surface area contributed by atoms with E-state index in [2.05, 4.69) is 12.2 Å². The van der Waals surface area contributed by atoms with E-state index in [1.165, 1.54) is 6.07 Å². The van der Waals surface area contributed by atoms with Crippen molar-refractivity contribution in [1.82, 2.24) is 5.32 Å². The molecule has 3 heteroatoms. The first-order valence-electron chi connectivity index (χ1n) is 6.11. The fourth-order valence-electron chi connectivity index (χ4n) is 1.87. The number of hydrogen-bond donors (Lipinski definition) is 1. The second kappa shape index (κ2) is 5.36. The van der Waals surface area contributed by atoms with E-state index >= 15 is 0 Å². The van der Waals surface area contributed by atoms with Crippen molar-refractivity contribution < 1.29 is 8.81 Å². The summed E-state index contributed by atoms with van der Waals surface area (Å²) in [5.74, 6) is 1.68. The molecule has 0 amide bonds. The van der Waals surface area contributed by atoms with Crippen molar-refractivity contribution in [2.45, 2.75) is 33.4 Å². The molecule has 0 aliphatic carbocycles. The van der Waals surface area contributed by atoms with Gasteiger partial charge in [0.1, 0.15) is 17.3 Å². The summed E-state index contributed by atoms with van der Waals surface area (Å²) in [6, 6.07) is 9.24. The fourth-order valence-corrected chi connectivity index (χ4v) is 1.87. The fraction of sp³-hybridized carbons (Fsp3) is 0.333. The molecule has 0 aliphatic rings. The summed E-state index contributed by atoms with van der Waals surface area (Å²) >= 11 is 0. The van der Waals surface area contributed by atoms with Crippen LogP contribution >= 0.6 is 0 Å². The lowest BCUT2D eigenvalue weighted by Gasteiger charge is -2.12. The van der Waals surface area contributed by atoms with Crippen molar-refractivity contribution in [2.24, 2.45) is 0 Å². The highest BCUT2D eigenvalue weighted by atomic mass is 19.1. The highest BCUT2D eigenvalue weighted by Crippen LogP contribution is 2.16. The molecule has 0 spiro atoms. The number of halogens is 1. The van der Waals surface area contributed by atoms with Gasteiger partial charge in [-0.3, -0.25) is 0 Å². The molecule has 2 nitrogen and oxygen atoms in total. The molecule has 1 N–H and O–H groups in total. The molecule has 96 valence electrons. The van der Waals surface area contributed by atoms with Crippen LogP contribution in [-0.2, 0) is 6.54 Å². The average Bonchev–Trinajstić information content (AvgIpc) is 2.77. The molecule has 1 aromatic heterocycles. The van der Waals surface area contributed by atoms with Crippen LogP contribution in [-0.4, -0.2) is 0 Å². The van der Waals surface area contributed by atoms with Gasteiger partial charge in [0, 0.05) is 6.54 Å². The van der Waals surface area contributed by atoms with Crippen LogP contribution in [0.5, 0.6) is 0 Å². The van der Waals surface area contributed by atoms with Gasteiger partial charge < -0.3 is 9.73 Å². The van der Waals surface area contributed by atoms with E-state index in [1.54, 1.807) is 13.0 Å². The van der Waals surface area contributed by atoms with Gasteiger partial charge >= 0.3 is 0 Å². The molecule has 0 bridgehead atoms. The standard InChI is InChI=1S/C15H18FNO/c1-10-8-13(5-6-14(10)16)9-17-12(3)15-7-4-11(2)18-15/h4-8,12,17H,9H2,1-3H3. The van der Waals surface area contributed by atoms with E-state index < -0.39 is 0 Å². The predicted octanol–water partition coefficient (Wildman–Crippen LogP) is 3.89. The van der Waals surface area contributed by atoms with E-state index in [1.807, 2.05) is 25.1 Å². The molecule has 18 heavy (non-hydrogen) atoms. The summed E-state index contributed by atoms with van der Waals surface area (Å²) in [5.41, 5.74) is 1.75. The molecule has 0 aliphatic heterocycles. The molecular weight excluding hydrogens is 229 g/mol. The maximum atomic E-state index is 13.1. The Morgan fingerprint density at radius 1 is 1.22 bits per heavy atom. The minimum atomic E-state index is -0.159. The van der Waals surface area contributed by atoms with E-state index in [9.17, 15) is 4.39 Å². The summed E-state index contributed by atoms with van der Waals surface area (Å²) < 4.78 is 18.7. The Morgan fingerprint density at radius 3 is 2.61 bits per heavy atom. The number of hydrogen-bond acceptors (Lipinski definition) is 2. The lowest BCUT2D eigenvalue weighted by molar-refractivity contribution is 0.416. The smallest absolute Gasteiger partial charge is 0.126 e. The third-order valence-electron chi connectivity index (χ3n) is 3.02. The Labute approximate surface area is 107 Å². The van der Waals surface area contributed by atoms with E-state index in [0.29, 0.717) is 12.1 Å². The molecule has 1 unspecified atom stereocenters. The lowest BCUT2D eigenvalue weighted by atomic mass is 10.1. The van der Waals surface area contributed by atoms with Gasteiger partial charge in [0.25, 0.3) is 0 Å². The quantitative estimate of drug-likeness (QED) is 0.886. The molecule has 1 heterocycles. The highest BCUT2D eigenvalue weighted by molar-refractivity contribution is 5.24. The van der Waals surface area contributed by atoms with Gasteiger partial charge in [-0.05, 0) is 50.1 Å². The summed E-state index contributed by atoms with van der Waals surface area (Å²) in [5, 5.41) is 3.36. The van der Waals surface area contributed by atoms with Gasteiger partial charge in [0.05, 0.1) is 6.04 Å². The predicted molar refractivity (Wildman–Crippen MR) is 69.8 cm³/mol. The first kappa shape index (κ1) is 12.8. The normalized spacial score (nSPS) is 12.7. The second-order valence-electron chi connectivity index (χ2n) is 4.63. The first-order chi connectivity index (χ1) is 8.56. The third kappa shape index (κ3) is 2.99. The monoisotopic (exact) mass is 247 g/mol. The molecule has 0 fully saturated rings. The Hall–Kier alpha value is -1.61. The zero-order valence-corrected chi connectivity index (χ0v) is 11.0. The Bertz CT molecular complexity index is 533. The van der Waals surface area contributed by atoms with Crippen molar-refractivity contribution in [3.63, 3.8) is 0 Å². The molecule has 2 aromatic rings. The van der Waals surface area contributed by atoms with Crippen LogP contribution < -0.4 is 5.32 Å². The average molecular weight is 247 g/mol. The van der Waals surface area contributed by atoms with E-state index in [-0.39, 0.29) is 11.9 Å². The van der Waals surface area contributed by atoms with Gasteiger partial charge in [-0.25, -0.2) is 4.39 Å². The number of aryl methyl sites for hydroxylation is 2. The minimum Gasteiger partial charge on any atom is -0.465 e. The first-order valence-corrected chi connectivity index (χ1v) is 6.11. The van der Waals surface area contributed by atoms with Crippen molar-refractivity contribution >= 4 is 0 Å². The van der Waals surface area contributed by atoms with Crippen molar-refractivity contribution in [1.29, 1.82) is 0 Å². The van der Waals surface area contributed by atoms with Gasteiger partial charge in [-0.2, -0.15) is 0 Å². The number of benzene rings is 1. The molecule has 1 aromatic carbocycles. The second-order valence-corrected chi connectivity index (χ2v) is 4.63. The minimum absolute atomic E-state index is 0.143. The maximum absolute atomic E-state index is 13.1. The number of nitrogens with one attached hydrogen (secondary N) is 1.